The highest BCUT2D eigenvalue weighted by Gasteiger charge is 2.40. The molecule has 2 aliphatic heterocycles. The van der Waals surface area contributed by atoms with Crippen molar-refractivity contribution in [2.45, 2.75) is 25.4 Å². The van der Waals surface area contributed by atoms with Gasteiger partial charge in [-0.25, -0.2) is 4.79 Å². The zero-order chi connectivity index (χ0) is 10.1. The van der Waals surface area contributed by atoms with E-state index in [1.165, 1.54) is 0 Å². The average Bonchev–Trinajstić information content (AvgIpc) is 2.42. The number of rotatable bonds is 3. The molecule has 2 atom stereocenters. The lowest BCUT2D eigenvalue weighted by atomic mass is 9.90. The van der Waals surface area contributed by atoms with Crippen LogP contribution in [0.5, 0.6) is 0 Å². The van der Waals surface area contributed by atoms with Crippen LogP contribution in [0.1, 0.15) is 19.3 Å². The number of carbonyl (C=O) groups is 2. The number of aliphatic carboxylic acids is 1. The van der Waals surface area contributed by atoms with Crippen molar-refractivity contribution in [2.24, 2.45) is 5.92 Å². The second kappa shape index (κ2) is 3.48. The van der Waals surface area contributed by atoms with E-state index >= 15 is 0 Å². The van der Waals surface area contributed by atoms with Gasteiger partial charge in [0.15, 0.2) is 0 Å². The largest absolute Gasteiger partial charge is 0.481 e. The Morgan fingerprint density at radius 2 is 2.43 bits per heavy atom. The summed E-state index contributed by atoms with van der Waals surface area (Å²) in [5.41, 5.74) is 0. The quantitative estimate of drug-likeness (QED) is 0.726. The highest BCUT2D eigenvalue weighted by molar-refractivity contribution is 5.70. The van der Waals surface area contributed by atoms with E-state index in [0.717, 1.165) is 6.42 Å². The van der Waals surface area contributed by atoms with Crippen LogP contribution in [0.4, 0.5) is 4.79 Å². The molecule has 0 spiro atoms. The molecule has 0 aliphatic carbocycles. The van der Waals surface area contributed by atoms with Crippen LogP contribution in [0.25, 0.3) is 0 Å². The average molecular weight is 199 g/mol. The summed E-state index contributed by atoms with van der Waals surface area (Å²) in [6, 6.07) is 0. The van der Waals surface area contributed by atoms with Gasteiger partial charge in [-0.1, -0.05) is 0 Å². The maximum Gasteiger partial charge on any atom is 0.410 e. The molecule has 78 valence electrons. The van der Waals surface area contributed by atoms with Gasteiger partial charge in [-0.3, -0.25) is 4.79 Å². The lowest BCUT2D eigenvalue weighted by Gasteiger charge is -2.26. The molecular formula is C9H13NO4. The highest BCUT2D eigenvalue weighted by Crippen LogP contribution is 2.30. The zero-order valence-corrected chi connectivity index (χ0v) is 7.81. The van der Waals surface area contributed by atoms with Gasteiger partial charge in [0.05, 0.1) is 6.54 Å². The number of carboxylic acid groups (broad SMARTS) is 1. The van der Waals surface area contributed by atoms with E-state index in [1.807, 2.05) is 0 Å². The van der Waals surface area contributed by atoms with E-state index in [2.05, 4.69) is 0 Å². The maximum absolute atomic E-state index is 11.1. The molecule has 0 radical (unpaired) electrons. The van der Waals surface area contributed by atoms with Gasteiger partial charge in [-0.15, -0.1) is 0 Å². The Hall–Kier alpha value is -1.26. The van der Waals surface area contributed by atoms with Crippen molar-refractivity contribution >= 4 is 12.1 Å². The van der Waals surface area contributed by atoms with Gasteiger partial charge in [0, 0.05) is 18.9 Å². The first-order valence-electron chi connectivity index (χ1n) is 4.84. The first kappa shape index (κ1) is 9.30. The van der Waals surface area contributed by atoms with E-state index in [4.69, 9.17) is 9.84 Å². The third-order valence-corrected chi connectivity index (χ3v) is 2.94. The van der Waals surface area contributed by atoms with Crippen LogP contribution in [0.15, 0.2) is 0 Å². The SMILES string of the molecule is O=C(O)CCC1CCN2CC1OC2=O. The predicted molar refractivity (Wildman–Crippen MR) is 46.8 cm³/mol. The second-order valence-electron chi connectivity index (χ2n) is 3.85. The Labute approximate surface area is 81.6 Å². The summed E-state index contributed by atoms with van der Waals surface area (Å²) in [7, 11) is 0. The molecule has 5 nitrogen and oxygen atoms in total. The van der Waals surface area contributed by atoms with Gasteiger partial charge < -0.3 is 14.7 Å². The smallest absolute Gasteiger partial charge is 0.410 e. The van der Waals surface area contributed by atoms with Gasteiger partial charge in [0.25, 0.3) is 0 Å². The maximum atomic E-state index is 11.1. The molecule has 0 saturated carbocycles. The molecule has 2 bridgehead atoms. The Morgan fingerprint density at radius 3 is 3.14 bits per heavy atom. The number of carbonyl (C=O) groups excluding carboxylic acids is 1. The molecule has 2 rings (SSSR count). The third-order valence-electron chi connectivity index (χ3n) is 2.94. The molecule has 2 unspecified atom stereocenters. The third kappa shape index (κ3) is 1.66. The van der Waals surface area contributed by atoms with Gasteiger partial charge in [0.1, 0.15) is 6.10 Å². The van der Waals surface area contributed by atoms with Crippen LogP contribution in [0.2, 0.25) is 0 Å². The summed E-state index contributed by atoms with van der Waals surface area (Å²) >= 11 is 0. The van der Waals surface area contributed by atoms with E-state index < -0.39 is 5.97 Å². The van der Waals surface area contributed by atoms with Crippen LogP contribution in [-0.2, 0) is 9.53 Å². The number of hydrogen-bond acceptors (Lipinski definition) is 3. The Balaban J connectivity index is 1.89. The predicted octanol–water partition coefficient (Wildman–Crippen LogP) is 0.692. The number of amides is 1. The van der Waals surface area contributed by atoms with Crippen molar-refractivity contribution in [3.8, 4) is 0 Å². The van der Waals surface area contributed by atoms with Gasteiger partial charge >= 0.3 is 12.1 Å². The molecule has 0 aromatic rings. The zero-order valence-electron chi connectivity index (χ0n) is 7.81. The molecule has 5 heteroatoms. The van der Waals surface area contributed by atoms with Crippen molar-refractivity contribution in [2.75, 3.05) is 13.1 Å². The first-order chi connectivity index (χ1) is 6.66. The molecule has 1 N–H and O–H groups in total. The molecule has 0 aromatic heterocycles. The van der Waals surface area contributed by atoms with Crippen molar-refractivity contribution in [3.05, 3.63) is 0 Å². The normalized spacial score (nSPS) is 30.3. The number of nitrogens with zero attached hydrogens (tertiary/aromatic N) is 1. The minimum absolute atomic E-state index is 0.0735. The minimum atomic E-state index is -0.781. The van der Waals surface area contributed by atoms with Gasteiger partial charge in [-0.2, -0.15) is 0 Å². The summed E-state index contributed by atoms with van der Waals surface area (Å²) in [6.45, 7) is 1.35. The summed E-state index contributed by atoms with van der Waals surface area (Å²) in [6.07, 6.45) is 1.33. The van der Waals surface area contributed by atoms with Crippen molar-refractivity contribution < 1.29 is 19.4 Å². The fourth-order valence-corrected chi connectivity index (χ4v) is 2.11. The molecule has 2 aliphatic rings. The van der Waals surface area contributed by atoms with Crippen LogP contribution in [-0.4, -0.2) is 41.3 Å². The summed E-state index contributed by atoms with van der Waals surface area (Å²) in [4.78, 5) is 23.2. The molecule has 14 heavy (non-hydrogen) atoms. The molecular weight excluding hydrogens is 186 g/mol. The Kier molecular flexibility index (Phi) is 2.31. The van der Waals surface area contributed by atoms with Crippen LogP contribution < -0.4 is 0 Å². The summed E-state index contributed by atoms with van der Waals surface area (Å²) < 4.78 is 5.12. The number of carboxylic acids is 1. The first-order valence-corrected chi connectivity index (χ1v) is 4.84. The van der Waals surface area contributed by atoms with E-state index in [-0.39, 0.29) is 24.5 Å². The molecule has 2 heterocycles. The summed E-state index contributed by atoms with van der Waals surface area (Å²) in [5, 5.41) is 8.55. The topological polar surface area (TPSA) is 66.8 Å². The van der Waals surface area contributed by atoms with Crippen molar-refractivity contribution in [1.82, 2.24) is 4.90 Å². The van der Waals surface area contributed by atoms with E-state index in [1.54, 1.807) is 4.90 Å². The number of fused-ring (bicyclic) bond motifs is 2. The number of hydrogen-bond donors (Lipinski definition) is 1. The standard InChI is InChI=1S/C9H13NO4/c11-8(12)2-1-6-3-4-10-5-7(6)14-9(10)13/h6-7H,1-5H2,(H,11,12). The number of piperidine rings is 1. The number of ether oxygens (including phenoxy) is 1. The lowest BCUT2D eigenvalue weighted by molar-refractivity contribution is -0.137. The second-order valence-corrected chi connectivity index (χ2v) is 3.85. The van der Waals surface area contributed by atoms with E-state index in [9.17, 15) is 9.59 Å². The summed E-state index contributed by atoms with van der Waals surface area (Å²) in [5.74, 6) is -0.550. The van der Waals surface area contributed by atoms with Crippen molar-refractivity contribution in [1.29, 1.82) is 0 Å². The van der Waals surface area contributed by atoms with Gasteiger partial charge in [-0.05, 0) is 12.8 Å². The Morgan fingerprint density at radius 1 is 1.64 bits per heavy atom. The monoisotopic (exact) mass is 199 g/mol. The van der Waals surface area contributed by atoms with E-state index in [0.29, 0.717) is 19.5 Å². The fraction of sp³-hybridized carbons (Fsp3) is 0.778. The highest BCUT2D eigenvalue weighted by atomic mass is 16.6. The van der Waals surface area contributed by atoms with Gasteiger partial charge in [0.2, 0.25) is 0 Å². The molecule has 2 saturated heterocycles. The Bertz CT molecular complexity index is 266. The lowest BCUT2D eigenvalue weighted by Crippen LogP contribution is -2.36. The fourth-order valence-electron chi connectivity index (χ4n) is 2.11. The van der Waals surface area contributed by atoms with Crippen LogP contribution in [0.3, 0.4) is 0 Å². The minimum Gasteiger partial charge on any atom is -0.481 e. The van der Waals surface area contributed by atoms with Crippen molar-refractivity contribution in [3.63, 3.8) is 0 Å². The van der Waals surface area contributed by atoms with Crippen LogP contribution >= 0.6 is 0 Å². The van der Waals surface area contributed by atoms with Crippen LogP contribution in [0, 0.1) is 5.92 Å². The molecule has 1 amide bonds. The molecule has 0 aromatic carbocycles. The molecule has 2 fully saturated rings.